The van der Waals surface area contributed by atoms with E-state index >= 15 is 0 Å². The summed E-state index contributed by atoms with van der Waals surface area (Å²) in [5.41, 5.74) is 6.83. The molecule has 0 aliphatic heterocycles. The first-order valence-corrected chi connectivity index (χ1v) is 3.52. The second-order valence-corrected chi connectivity index (χ2v) is 2.46. The van der Waals surface area contributed by atoms with Crippen LogP contribution in [0.3, 0.4) is 0 Å². The van der Waals surface area contributed by atoms with Gasteiger partial charge < -0.3 is 5.73 Å². The summed E-state index contributed by atoms with van der Waals surface area (Å²) >= 11 is 0. The molecular weight excluding hydrogens is 152 g/mol. The maximum atomic E-state index is 5.54. The van der Waals surface area contributed by atoms with E-state index in [0.29, 0.717) is 11.5 Å². The summed E-state index contributed by atoms with van der Waals surface area (Å²) in [6.45, 7) is 3.64. The number of rotatable bonds is 1. The Balaban J connectivity index is 2.79. The van der Waals surface area contributed by atoms with E-state index in [4.69, 9.17) is 5.73 Å². The normalized spacial score (nSPS) is 10.3. The lowest BCUT2D eigenvalue weighted by Gasteiger charge is -1.97. The lowest BCUT2D eigenvalue weighted by Crippen LogP contribution is -1.98. The van der Waals surface area contributed by atoms with Crippen molar-refractivity contribution in [3.8, 4) is 0 Å². The molecule has 4 nitrogen and oxygen atoms in total. The summed E-state index contributed by atoms with van der Waals surface area (Å²) in [5.74, 6) is 0.638. The van der Waals surface area contributed by atoms with E-state index in [1.165, 1.54) is 0 Å². The van der Waals surface area contributed by atoms with Crippen LogP contribution in [-0.4, -0.2) is 14.4 Å². The van der Waals surface area contributed by atoms with Crippen LogP contribution in [0.25, 0.3) is 11.5 Å². The summed E-state index contributed by atoms with van der Waals surface area (Å²) in [4.78, 5) is 8.09. The van der Waals surface area contributed by atoms with Crippen molar-refractivity contribution in [2.75, 3.05) is 0 Å². The molecule has 0 bridgehead atoms. The fourth-order valence-corrected chi connectivity index (χ4v) is 1.07. The van der Waals surface area contributed by atoms with Crippen LogP contribution < -0.4 is 5.73 Å². The lowest BCUT2D eigenvalue weighted by atomic mass is 10.4. The smallest absolute Gasteiger partial charge is 0.234 e. The Morgan fingerprint density at radius 2 is 2.33 bits per heavy atom. The van der Waals surface area contributed by atoms with Crippen LogP contribution in [-0.2, 0) is 0 Å². The van der Waals surface area contributed by atoms with E-state index in [-0.39, 0.29) is 0 Å². The topological polar surface area (TPSA) is 56.2 Å². The molecule has 0 atom stereocenters. The predicted octanol–water partition coefficient (Wildman–Crippen LogP) is 0.659. The highest BCUT2D eigenvalue weighted by atomic mass is 15.1. The average Bonchev–Trinajstić information content (AvgIpc) is 2.47. The van der Waals surface area contributed by atoms with Crippen LogP contribution in [0.1, 0.15) is 5.69 Å². The summed E-state index contributed by atoms with van der Waals surface area (Å²) in [6.07, 6.45) is 5.19. The molecule has 0 saturated heterocycles. The molecule has 0 saturated carbocycles. The van der Waals surface area contributed by atoms with Crippen LogP contribution in [0, 0.1) is 0 Å². The van der Waals surface area contributed by atoms with Crippen molar-refractivity contribution in [3.63, 3.8) is 0 Å². The Hall–Kier alpha value is -1.84. The van der Waals surface area contributed by atoms with E-state index in [2.05, 4.69) is 16.5 Å². The van der Waals surface area contributed by atoms with Crippen molar-refractivity contribution < 1.29 is 0 Å². The summed E-state index contributed by atoms with van der Waals surface area (Å²) in [6, 6.07) is 1.82. The molecule has 2 rings (SSSR count). The van der Waals surface area contributed by atoms with E-state index in [9.17, 15) is 0 Å². The molecule has 0 amide bonds. The molecule has 2 aromatic rings. The highest BCUT2D eigenvalue weighted by Gasteiger charge is 2.02. The molecule has 4 heteroatoms. The first-order chi connectivity index (χ1) is 5.79. The van der Waals surface area contributed by atoms with E-state index in [1.807, 2.05) is 12.3 Å². The van der Waals surface area contributed by atoms with Gasteiger partial charge in [0.05, 0.1) is 17.6 Å². The van der Waals surface area contributed by atoms with E-state index < -0.39 is 0 Å². The fraction of sp³-hybridized carbons (Fsp3) is 0. The van der Waals surface area contributed by atoms with Crippen molar-refractivity contribution in [1.29, 1.82) is 0 Å². The number of nitrogens with two attached hydrogens (primary N) is 1. The SMILES string of the molecule is C=C(N)c1cnc2ncccn12. The third kappa shape index (κ3) is 0.852. The van der Waals surface area contributed by atoms with Gasteiger partial charge in [-0.15, -0.1) is 0 Å². The van der Waals surface area contributed by atoms with Crippen molar-refractivity contribution >= 4 is 11.5 Å². The van der Waals surface area contributed by atoms with Crippen LogP contribution in [0.5, 0.6) is 0 Å². The number of hydrogen-bond donors (Lipinski definition) is 1. The van der Waals surface area contributed by atoms with Gasteiger partial charge in [-0.25, -0.2) is 9.97 Å². The third-order valence-corrected chi connectivity index (χ3v) is 1.62. The monoisotopic (exact) mass is 160 g/mol. The van der Waals surface area contributed by atoms with Gasteiger partial charge in [-0.05, 0) is 6.07 Å². The number of hydrogen-bond acceptors (Lipinski definition) is 3. The quantitative estimate of drug-likeness (QED) is 0.666. The second-order valence-electron chi connectivity index (χ2n) is 2.46. The lowest BCUT2D eigenvalue weighted by molar-refractivity contribution is 1.09. The molecule has 2 heterocycles. The molecule has 60 valence electrons. The Morgan fingerprint density at radius 3 is 3.08 bits per heavy atom. The molecule has 0 aliphatic rings. The number of imidazole rings is 1. The standard InChI is InChI=1S/C8H8N4/c1-6(9)7-5-11-8-10-3-2-4-12(7)8/h2-5H,1,9H2. The molecule has 0 aliphatic carbocycles. The van der Waals surface area contributed by atoms with Crippen LogP contribution >= 0.6 is 0 Å². The Morgan fingerprint density at radius 1 is 1.50 bits per heavy atom. The zero-order valence-electron chi connectivity index (χ0n) is 6.44. The molecule has 2 N–H and O–H groups in total. The molecule has 0 spiro atoms. The first-order valence-electron chi connectivity index (χ1n) is 3.52. The van der Waals surface area contributed by atoms with Crippen LogP contribution in [0.2, 0.25) is 0 Å². The van der Waals surface area contributed by atoms with Crippen LogP contribution in [0.15, 0.2) is 31.2 Å². The minimum Gasteiger partial charge on any atom is -0.397 e. The van der Waals surface area contributed by atoms with E-state index in [0.717, 1.165) is 5.69 Å². The molecular formula is C8H8N4. The first kappa shape index (κ1) is 6.84. The highest BCUT2D eigenvalue weighted by Crippen LogP contribution is 2.07. The average molecular weight is 160 g/mol. The Labute approximate surface area is 69.4 Å². The van der Waals surface area contributed by atoms with Crippen LogP contribution in [0.4, 0.5) is 0 Å². The molecule has 0 radical (unpaired) electrons. The van der Waals surface area contributed by atoms with Gasteiger partial charge >= 0.3 is 0 Å². The molecule has 0 fully saturated rings. The van der Waals surface area contributed by atoms with Crippen molar-refractivity contribution in [2.24, 2.45) is 5.73 Å². The largest absolute Gasteiger partial charge is 0.397 e. The van der Waals surface area contributed by atoms with Crippen molar-refractivity contribution in [3.05, 3.63) is 36.9 Å². The van der Waals surface area contributed by atoms with Gasteiger partial charge in [-0.3, -0.25) is 4.40 Å². The van der Waals surface area contributed by atoms with Gasteiger partial charge in [0, 0.05) is 12.4 Å². The van der Waals surface area contributed by atoms with Gasteiger partial charge in [-0.2, -0.15) is 0 Å². The maximum absolute atomic E-state index is 5.54. The second kappa shape index (κ2) is 2.34. The zero-order valence-corrected chi connectivity index (χ0v) is 6.44. The van der Waals surface area contributed by atoms with Gasteiger partial charge in [0.1, 0.15) is 0 Å². The molecule has 0 aromatic carbocycles. The highest BCUT2D eigenvalue weighted by molar-refractivity contribution is 5.59. The van der Waals surface area contributed by atoms with Gasteiger partial charge in [0.25, 0.3) is 0 Å². The number of nitrogens with zero attached hydrogens (tertiary/aromatic N) is 3. The Bertz CT molecular complexity index is 429. The molecule has 12 heavy (non-hydrogen) atoms. The third-order valence-electron chi connectivity index (χ3n) is 1.62. The number of fused-ring (bicyclic) bond motifs is 1. The van der Waals surface area contributed by atoms with Gasteiger partial charge in [0.15, 0.2) is 0 Å². The van der Waals surface area contributed by atoms with E-state index in [1.54, 1.807) is 16.8 Å². The summed E-state index contributed by atoms with van der Waals surface area (Å²) in [5, 5.41) is 0. The summed E-state index contributed by atoms with van der Waals surface area (Å²) in [7, 11) is 0. The minimum atomic E-state index is 0.496. The fourth-order valence-electron chi connectivity index (χ4n) is 1.07. The van der Waals surface area contributed by atoms with Crippen molar-refractivity contribution in [1.82, 2.24) is 14.4 Å². The zero-order chi connectivity index (χ0) is 8.55. The summed E-state index contributed by atoms with van der Waals surface area (Å²) < 4.78 is 1.79. The van der Waals surface area contributed by atoms with Crippen molar-refractivity contribution in [2.45, 2.75) is 0 Å². The van der Waals surface area contributed by atoms with Gasteiger partial charge in [0.2, 0.25) is 5.78 Å². The predicted molar refractivity (Wildman–Crippen MR) is 46.2 cm³/mol. The molecule has 2 aromatic heterocycles. The maximum Gasteiger partial charge on any atom is 0.234 e. The minimum absolute atomic E-state index is 0.496. The van der Waals surface area contributed by atoms with Gasteiger partial charge in [-0.1, -0.05) is 6.58 Å². The number of aromatic nitrogens is 3. The molecule has 0 unspecified atom stereocenters. The Kier molecular flexibility index (Phi) is 1.33.